The third-order valence-corrected chi connectivity index (χ3v) is 4.73. The van der Waals surface area contributed by atoms with Gasteiger partial charge in [-0.05, 0) is 63.4 Å². The Morgan fingerprint density at radius 1 is 1.22 bits per heavy atom. The van der Waals surface area contributed by atoms with Crippen LogP contribution in [-0.4, -0.2) is 36.8 Å². The standard InChI is InChI=1S/C15H31NOS/c1-5-18-12-6-7-15(8-10-17-11-9-15)13-16-14(2,3)4/h16H,5-13H2,1-4H3. The highest BCUT2D eigenvalue weighted by atomic mass is 32.2. The summed E-state index contributed by atoms with van der Waals surface area (Å²) in [7, 11) is 0. The fourth-order valence-electron chi connectivity index (χ4n) is 2.47. The zero-order valence-electron chi connectivity index (χ0n) is 12.7. The van der Waals surface area contributed by atoms with Crippen molar-refractivity contribution in [2.75, 3.05) is 31.3 Å². The average Bonchev–Trinajstić information content (AvgIpc) is 2.33. The lowest BCUT2D eigenvalue weighted by Crippen LogP contribution is -2.46. The lowest BCUT2D eigenvalue weighted by atomic mass is 9.76. The van der Waals surface area contributed by atoms with E-state index in [0.29, 0.717) is 5.41 Å². The number of ether oxygens (including phenoxy) is 1. The van der Waals surface area contributed by atoms with Crippen LogP contribution >= 0.6 is 11.8 Å². The summed E-state index contributed by atoms with van der Waals surface area (Å²) in [6.45, 7) is 12.1. The molecule has 0 aliphatic carbocycles. The van der Waals surface area contributed by atoms with Crippen molar-refractivity contribution in [1.82, 2.24) is 5.32 Å². The van der Waals surface area contributed by atoms with Gasteiger partial charge in [0.1, 0.15) is 0 Å². The van der Waals surface area contributed by atoms with Crippen molar-refractivity contribution in [3.05, 3.63) is 0 Å². The Kier molecular flexibility index (Phi) is 7.04. The smallest absolute Gasteiger partial charge is 0.0471 e. The van der Waals surface area contributed by atoms with E-state index < -0.39 is 0 Å². The number of rotatable bonds is 7. The maximum Gasteiger partial charge on any atom is 0.0471 e. The minimum absolute atomic E-state index is 0.226. The van der Waals surface area contributed by atoms with Crippen molar-refractivity contribution in [3.63, 3.8) is 0 Å². The summed E-state index contributed by atoms with van der Waals surface area (Å²) in [6, 6.07) is 0. The molecule has 0 aromatic heterocycles. The third-order valence-electron chi connectivity index (χ3n) is 3.75. The van der Waals surface area contributed by atoms with Crippen LogP contribution in [0.1, 0.15) is 53.4 Å². The zero-order valence-corrected chi connectivity index (χ0v) is 13.5. The monoisotopic (exact) mass is 273 g/mol. The summed E-state index contributed by atoms with van der Waals surface area (Å²) in [5, 5.41) is 3.71. The maximum atomic E-state index is 5.55. The minimum Gasteiger partial charge on any atom is -0.381 e. The molecular weight excluding hydrogens is 242 g/mol. The molecule has 0 amide bonds. The lowest BCUT2D eigenvalue weighted by molar-refractivity contribution is 0.00739. The van der Waals surface area contributed by atoms with E-state index >= 15 is 0 Å². The number of thioether (sulfide) groups is 1. The molecule has 0 radical (unpaired) electrons. The van der Waals surface area contributed by atoms with Crippen LogP contribution in [0.15, 0.2) is 0 Å². The molecule has 0 atom stereocenters. The summed E-state index contributed by atoms with van der Waals surface area (Å²) < 4.78 is 5.55. The van der Waals surface area contributed by atoms with Gasteiger partial charge >= 0.3 is 0 Å². The highest BCUT2D eigenvalue weighted by molar-refractivity contribution is 7.99. The van der Waals surface area contributed by atoms with Crippen LogP contribution in [0.5, 0.6) is 0 Å². The molecule has 18 heavy (non-hydrogen) atoms. The van der Waals surface area contributed by atoms with E-state index in [0.717, 1.165) is 19.8 Å². The molecule has 0 saturated carbocycles. The molecule has 3 heteroatoms. The van der Waals surface area contributed by atoms with Crippen molar-refractivity contribution < 1.29 is 4.74 Å². The molecule has 0 spiro atoms. The van der Waals surface area contributed by atoms with E-state index in [2.05, 4.69) is 44.8 Å². The summed E-state index contributed by atoms with van der Waals surface area (Å²) in [5.74, 6) is 2.56. The fraction of sp³-hybridized carbons (Fsp3) is 1.00. The Labute approximate surface area is 118 Å². The molecule has 0 bridgehead atoms. The molecule has 0 unspecified atom stereocenters. The van der Waals surface area contributed by atoms with Gasteiger partial charge in [0.15, 0.2) is 0 Å². The Bertz CT molecular complexity index is 219. The molecule has 1 heterocycles. The number of hydrogen-bond acceptors (Lipinski definition) is 3. The van der Waals surface area contributed by atoms with Crippen LogP contribution in [0.2, 0.25) is 0 Å². The Morgan fingerprint density at radius 2 is 1.89 bits per heavy atom. The maximum absolute atomic E-state index is 5.55. The van der Waals surface area contributed by atoms with Gasteiger partial charge in [-0.3, -0.25) is 0 Å². The van der Waals surface area contributed by atoms with Gasteiger partial charge in [-0.15, -0.1) is 0 Å². The summed E-state index contributed by atoms with van der Waals surface area (Å²) >= 11 is 2.07. The molecule has 0 aromatic carbocycles. The van der Waals surface area contributed by atoms with E-state index in [1.165, 1.54) is 37.2 Å². The van der Waals surface area contributed by atoms with Gasteiger partial charge < -0.3 is 10.1 Å². The van der Waals surface area contributed by atoms with E-state index in [9.17, 15) is 0 Å². The lowest BCUT2D eigenvalue weighted by Gasteiger charge is -2.40. The second-order valence-corrected chi connectivity index (χ2v) is 7.91. The van der Waals surface area contributed by atoms with Crippen molar-refractivity contribution in [2.24, 2.45) is 5.41 Å². The summed E-state index contributed by atoms with van der Waals surface area (Å²) in [4.78, 5) is 0. The first-order valence-corrected chi connectivity index (χ1v) is 8.53. The summed E-state index contributed by atoms with van der Waals surface area (Å²) in [5.41, 5.74) is 0.712. The molecule has 0 aromatic rings. The van der Waals surface area contributed by atoms with Crippen molar-refractivity contribution in [3.8, 4) is 0 Å². The molecule has 1 aliphatic heterocycles. The Morgan fingerprint density at radius 3 is 2.44 bits per heavy atom. The van der Waals surface area contributed by atoms with Crippen LogP contribution in [-0.2, 0) is 4.74 Å². The van der Waals surface area contributed by atoms with E-state index in [-0.39, 0.29) is 5.54 Å². The minimum atomic E-state index is 0.226. The highest BCUT2D eigenvalue weighted by Crippen LogP contribution is 2.35. The van der Waals surface area contributed by atoms with Crippen LogP contribution in [0.25, 0.3) is 0 Å². The number of nitrogens with one attached hydrogen (secondary N) is 1. The second kappa shape index (κ2) is 7.76. The van der Waals surface area contributed by atoms with E-state index in [1.807, 2.05) is 0 Å². The third kappa shape index (κ3) is 6.44. The Balaban J connectivity index is 2.41. The van der Waals surface area contributed by atoms with Gasteiger partial charge in [-0.2, -0.15) is 11.8 Å². The average molecular weight is 273 g/mol. The van der Waals surface area contributed by atoms with E-state index in [1.54, 1.807) is 0 Å². The molecule has 108 valence electrons. The first-order valence-electron chi connectivity index (χ1n) is 7.38. The predicted molar refractivity (Wildman–Crippen MR) is 82.5 cm³/mol. The second-order valence-electron chi connectivity index (χ2n) is 6.52. The molecule has 1 N–H and O–H groups in total. The van der Waals surface area contributed by atoms with Crippen molar-refractivity contribution >= 4 is 11.8 Å². The summed E-state index contributed by atoms with van der Waals surface area (Å²) in [6.07, 6.45) is 5.16. The van der Waals surface area contributed by atoms with Gasteiger partial charge in [-0.25, -0.2) is 0 Å². The largest absolute Gasteiger partial charge is 0.381 e. The quantitative estimate of drug-likeness (QED) is 0.715. The first kappa shape index (κ1) is 16.3. The molecule has 2 nitrogen and oxygen atoms in total. The van der Waals surface area contributed by atoms with Crippen molar-refractivity contribution in [1.29, 1.82) is 0 Å². The molecule has 1 aliphatic rings. The predicted octanol–water partition coefficient (Wildman–Crippen LogP) is 3.70. The van der Waals surface area contributed by atoms with Gasteiger partial charge in [0, 0.05) is 25.3 Å². The van der Waals surface area contributed by atoms with Crippen LogP contribution in [0.4, 0.5) is 0 Å². The molecule has 1 rings (SSSR count). The normalized spacial score (nSPS) is 20.0. The fourth-order valence-corrected chi connectivity index (χ4v) is 3.10. The molecule has 1 saturated heterocycles. The topological polar surface area (TPSA) is 21.3 Å². The van der Waals surface area contributed by atoms with Gasteiger partial charge in [0.25, 0.3) is 0 Å². The van der Waals surface area contributed by atoms with Crippen molar-refractivity contribution in [2.45, 2.75) is 58.9 Å². The number of hydrogen-bond donors (Lipinski definition) is 1. The Hall–Kier alpha value is 0.270. The first-order chi connectivity index (χ1) is 8.47. The SMILES string of the molecule is CCSCCCC1(CNC(C)(C)C)CCOCC1. The zero-order chi connectivity index (χ0) is 13.5. The van der Waals surface area contributed by atoms with Gasteiger partial charge in [-0.1, -0.05) is 6.92 Å². The molecular formula is C15H31NOS. The van der Waals surface area contributed by atoms with Gasteiger partial charge in [0.2, 0.25) is 0 Å². The van der Waals surface area contributed by atoms with Gasteiger partial charge in [0.05, 0.1) is 0 Å². The van der Waals surface area contributed by atoms with E-state index in [4.69, 9.17) is 4.74 Å². The highest BCUT2D eigenvalue weighted by Gasteiger charge is 2.32. The van der Waals surface area contributed by atoms with Crippen LogP contribution in [0.3, 0.4) is 0 Å². The molecule has 1 fully saturated rings. The van der Waals surface area contributed by atoms with Crippen LogP contribution in [0, 0.1) is 5.41 Å². The van der Waals surface area contributed by atoms with Crippen LogP contribution < -0.4 is 5.32 Å².